The van der Waals surface area contributed by atoms with Gasteiger partial charge in [-0.2, -0.15) is 4.31 Å². The van der Waals surface area contributed by atoms with E-state index in [1.807, 2.05) is 0 Å². The molecule has 1 aromatic carbocycles. The molecule has 1 rings (SSSR count). The van der Waals surface area contributed by atoms with Gasteiger partial charge in [-0.25, -0.2) is 12.8 Å². The first-order chi connectivity index (χ1) is 7.80. The Balaban J connectivity index is 3.22. The van der Waals surface area contributed by atoms with Crippen LogP contribution in [0.3, 0.4) is 0 Å². The van der Waals surface area contributed by atoms with Crippen molar-refractivity contribution in [2.75, 3.05) is 13.6 Å². The van der Waals surface area contributed by atoms with Gasteiger partial charge < -0.3 is 5.73 Å². The van der Waals surface area contributed by atoms with Gasteiger partial charge in [0.25, 0.3) is 0 Å². The van der Waals surface area contributed by atoms with Gasteiger partial charge in [0.1, 0.15) is 10.7 Å². The molecule has 0 aliphatic carbocycles. The molecule has 17 heavy (non-hydrogen) atoms. The molecular weight excluding hydrogens is 311 g/mol. The van der Waals surface area contributed by atoms with E-state index in [0.29, 0.717) is 4.47 Å². The molecule has 7 heteroatoms. The maximum atomic E-state index is 13.6. The average molecular weight is 325 g/mol. The van der Waals surface area contributed by atoms with Crippen molar-refractivity contribution in [1.29, 1.82) is 0 Å². The highest BCUT2D eigenvalue weighted by atomic mass is 79.9. The fourth-order valence-electron chi connectivity index (χ4n) is 1.22. The van der Waals surface area contributed by atoms with Crippen LogP contribution in [0.4, 0.5) is 4.39 Å². The first kappa shape index (κ1) is 14.6. The van der Waals surface area contributed by atoms with Crippen molar-refractivity contribution in [3.8, 4) is 0 Å². The van der Waals surface area contributed by atoms with Crippen LogP contribution in [0.15, 0.2) is 27.6 Å². The van der Waals surface area contributed by atoms with E-state index in [4.69, 9.17) is 5.73 Å². The molecule has 0 aromatic heterocycles. The maximum Gasteiger partial charge on any atom is 0.246 e. The van der Waals surface area contributed by atoms with E-state index in [1.54, 1.807) is 6.92 Å². The Morgan fingerprint density at radius 3 is 2.59 bits per heavy atom. The first-order valence-corrected chi connectivity index (χ1v) is 7.17. The summed E-state index contributed by atoms with van der Waals surface area (Å²) in [6.45, 7) is 1.84. The molecule has 0 spiro atoms. The Kier molecular flexibility index (Phi) is 4.65. The van der Waals surface area contributed by atoms with Gasteiger partial charge in [-0.1, -0.05) is 15.9 Å². The van der Waals surface area contributed by atoms with Gasteiger partial charge in [0.15, 0.2) is 0 Å². The van der Waals surface area contributed by atoms with Crippen LogP contribution in [0.1, 0.15) is 6.92 Å². The lowest BCUT2D eigenvalue weighted by atomic mass is 10.3. The predicted molar refractivity (Wildman–Crippen MR) is 67.6 cm³/mol. The van der Waals surface area contributed by atoms with E-state index in [9.17, 15) is 12.8 Å². The normalized spacial score (nSPS) is 14.0. The van der Waals surface area contributed by atoms with E-state index in [2.05, 4.69) is 15.9 Å². The standard InChI is InChI=1S/C10H14BrFN2O2S/c1-7(6-13)14(2)17(15,16)10-4-3-8(11)5-9(10)12/h3-5,7H,6,13H2,1-2H3. The second kappa shape index (κ2) is 5.43. The lowest BCUT2D eigenvalue weighted by Crippen LogP contribution is -2.39. The van der Waals surface area contributed by atoms with Gasteiger partial charge >= 0.3 is 0 Å². The van der Waals surface area contributed by atoms with Crippen LogP contribution in [-0.2, 0) is 10.0 Å². The van der Waals surface area contributed by atoms with Crippen LogP contribution < -0.4 is 5.73 Å². The van der Waals surface area contributed by atoms with E-state index < -0.39 is 15.8 Å². The number of nitrogens with two attached hydrogens (primary N) is 1. The molecule has 1 aromatic rings. The third kappa shape index (κ3) is 3.04. The zero-order valence-electron chi connectivity index (χ0n) is 9.52. The highest BCUT2D eigenvalue weighted by molar-refractivity contribution is 9.10. The molecule has 0 aliphatic heterocycles. The maximum absolute atomic E-state index is 13.6. The molecule has 0 fully saturated rings. The molecule has 1 atom stereocenters. The van der Waals surface area contributed by atoms with E-state index >= 15 is 0 Å². The van der Waals surface area contributed by atoms with E-state index in [0.717, 1.165) is 10.4 Å². The van der Waals surface area contributed by atoms with Gasteiger partial charge in [-0.15, -0.1) is 0 Å². The SMILES string of the molecule is CC(CN)N(C)S(=O)(=O)c1ccc(Br)cc1F. The third-order valence-corrected chi connectivity index (χ3v) is 5.01. The van der Waals surface area contributed by atoms with Crippen molar-refractivity contribution in [3.63, 3.8) is 0 Å². The number of sulfonamides is 1. The second-order valence-electron chi connectivity index (χ2n) is 3.68. The lowest BCUT2D eigenvalue weighted by Gasteiger charge is -2.23. The summed E-state index contributed by atoms with van der Waals surface area (Å²) in [7, 11) is -2.46. The molecule has 1 unspecified atom stereocenters. The Morgan fingerprint density at radius 1 is 1.53 bits per heavy atom. The summed E-state index contributed by atoms with van der Waals surface area (Å²) in [5, 5.41) is 0. The summed E-state index contributed by atoms with van der Waals surface area (Å²) in [6.07, 6.45) is 0. The predicted octanol–water partition coefficient (Wildman–Crippen LogP) is 1.56. The van der Waals surface area contributed by atoms with Gasteiger partial charge in [-0.05, 0) is 25.1 Å². The van der Waals surface area contributed by atoms with Crippen molar-refractivity contribution in [1.82, 2.24) is 4.31 Å². The van der Waals surface area contributed by atoms with Crippen molar-refractivity contribution < 1.29 is 12.8 Å². The van der Waals surface area contributed by atoms with Gasteiger partial charge in [0, 0.05) is 24.1 Å². The number of halogens is 2. The minimum Gasteiger partial charge on any atom is -0.329 e. The quantitative estimate of drug-likeness (QED) is 0.914. The lowest BCUT2D eigenvalue weighted by molar-refractivity contribution is 0.391. The number of likely N-dealkylation sites (N-methyl/N-ethyl adjacent to an activating group) is 1. The minimum absolute atomic E-state index is 0.174. The number of benzene rings is 1. The summed E-state index contributed by atoms with van der Waals surface area (Å²) in [5.74, 6) is -0.782. The smallest absolute Gasteiger partial charge is 0.246 e. The fraction of sp³-hybridized carbons (Fsp3) is 0.400. The monoisotopic (exact) mass is 324 g/mol. The van der Waals surface area contributed by atoms with Crippen LogP contribution in [0.25, 0.3) is 0 Å². The van der Waals surface area contributed by atoms with Crippen molar-refractivity contribution in [2.45, 2.75) is 17.9 Å². The molecule has 2 N–H and O–H groups in total. The molecule has 4 nitrogen and oxygen atoms in total. The number of rotatable bonds is 4. The molecule has 0 amide bonds. The second-order valence-corrected chi connectivity index (χ2v) is 6.56. The zero-order valence-corrected chi connectivity index (χ0v) is 11.9. The summed E-state index contributed by atoms with van der Waals surface area (Å²) in [5.41, 5.74) is 5.40. The number of nitrogens with zero attached hydrogens (tertiary/aromatic N) is 1. The van der Waals surface area contributed by atoms with Gasteiger partial charge in [-0.3, -0.25) is 0 Å². The Hall–Kier alpha value is -0.500. The molecule has 0 saturated heterocycles. The van der Waals surface area contributed by atoms with Crippen LogP contribution in [0, 0.1) is 5.82 Å². The largest absolute Gasteiger partial charge is 0.329 e. The molecule has 0 aliphatic rings. The third-order valence-electron chi connectivity index (χ3n) is 2.51. The molecular formula is C10H14BrFN2O2S. The highest BCUT2D eigenvalue weighted by Gasteiger charge is 2.27. The Bertz CT molecular complexity index is 507. The summed E-state index contributed by atoms with van der Waals surface area (Å²) in [4.78, 5) is -0.344. The van der Waals surface area contributed by atoms with Crippen molar-refractivity contribution in [3.05, 3.63) is 28.5 Å². The topological polar surface area (TPSA) is 63.4 Å². The summed E-state index contributed by atoms with van der Waals surface area (Å²) in [6, 6.07) is 3.45. The van der Waals surface area contributed by atoms with Gasteiger partial charge in [0.2, 0.25) is 10.0 Å². The van der Waals surface area contributed by atoms with Crippen molar-refractivity contribution in [2.24, 2.45) is 5.73 Å². The molecule has 96 valence electrons. The molecule has 0 saturated carbocycles. The fourth-order valence-corrected chi connectivity index (χ4v) is 2.97. The van der Waals surface area contributed by atoms with Crippen LogP contribution in [-0.4, -0.2) is 32.4 Å². The van der Waals surface area contributed by atoms with Crippen molar-refractivity contribution >= 4 is 26.0 Å². The van der Waals surface area contributed by atoms with Crippen LogP contribution >= 0.6 is 15.9 Å². The van der Waals surface area contributed by atoms with Crippen LogP contribution in [0.5, 0.6) is 0 Å². The number of hydrogen-bond acceptors (Lipinski definition) is 3. The summed E-state index contributed by atoms with van der Waals surface area (Å²) >= 11 is 3.07. The number of hydrogen-bond donors (Lipinski definition) is 1. The molecule has 0 heterocycles. The van der Waals surface area contributed by atoms with Crippen LogP contribution in [0.2, 0.25) is 0 Å². The zero-order chi connectivity index (χ0) is 13.2. The first-order valence-electron chi connectivity index (χ1n) is 4.94. The summed E-state index contributed by atoms with van der Waals surface area (Å²) < 4.78 is 39.3. The highest BCUT2D eigenvalue weighted by Crippen LogP contribution is 2.22. The average Bonchev–Trinajstić information content (AvgIpc) is 2.26. The van der Waals surface area contributed by atoms with E-state index in [1.165, 1.54) is 19.2 Å². The molecule has 0 bridgehead atoms. The Morgan fingerprint density at radius 2 is 2.12 bits per heavy atom. The van der Waals surface area contributed by atoms with Gasteiger partial charge in [0.05, 0.1) is 0 Å². The minimum atomic E-state index is -3.84. The van der Waals surface area contributed by atoms with E-state index in [-0.39, 0.29) is 17.5 Å². The Labute approximate surface area is 109 Å². The molecule has 0 radical (unpaired) electrons.